The minimum Gasteiger partial charge on any atom is -0.439 e. The third kappa shape index (κ3) is 4.84. The molecule has 5 nitrogen and oxygen atoms in total. The molecule has 1 amide bonds. The van der Waals surface area contributed by atoms with Gasteiger partial charge in [0.2, 0.25) is 5.88 Å². The van der Waals surface area contributed by atoms with Crippen LogP contribution in [0.3, 0.4) is 0 Å². The minimum absolute atomic E-state index is 0.0535. The topological polar surface area (TPSA) is 71.5 Å². The molecule has 21 heavy (non-hydrogen) atoms. The van der Waals surface area contributed by atoms with E-state index in [0.29, 0.717) is 30.2 Å². The van der Waals surface area contributed by atoms with E-state index in [2.05, 4.69) is 26.2 Å². The van der Waals surface area contributed by atoms with Crippen LogP contribution in [-0.2, 0) is 0 Å². The molecule has 0 aliphatic heterocycles. The van der Waals surface area contributed by atoms with Gasteiger partial charge in [-0.2, -0.15) is 0 Å². The SMILES string of the molecule is O=C(NCCCO)c1ccc(Oc2cccc(Br)c2)nc1. The number of aliphatic hydroxyl groups excluding tert-OH is 1. The van der Waals surface area contributed by atoms with Gasteiger partial charge in [-0.25, -0.2) is 4.98 Å². The molecule has 0 bridgehead atoms. The Hall–Kier alpha value is -1.92. The Balaban J connectivity index is 1.97. The van der Waals surface area contributed by atoms with E-state index in [-0.39, 0.29) is 12.5 Å². The van der Waals surface area contributed by atoms with Crippen molar-refractivity contribution in [2.45, 2.75) is 6.42 Å². The molecule has 0 fully saturated rings. The van der Waals surface area contributed by atoms with Gasteiger partial charge >= 0.3 is 0 Å². The Morgan fingerprint density at radius 3 is 2.86 bits per heavy atom. The number of amides is 1. The van der Waals surface area contributed by atoms with E-state index in [4.69, 9.17) is 9.84 Å². The molecule has 2 N–H and O–H groups in total. The van der Waals surface area contributed by atoms with Gasteiger partial charge in [0.05, 0.1) is 5.56 Å². The van der Waals surface area contributed by atoms with Crippen molar-refractivity contribution < 1.29 is 14.6 Å². The number of hydrogen-bond donors (Lipinski definition) is 2. The van der Waals surface area contributed by atoms with Gasteiger partial charge in [-0.3, -0.25) is 4.79 Å². The fraction of sp³-hybridized carbons (Fsp3) is 0.200. The van der Waals surface area contributed by atoms with E-state index in [9.17, 15) is 4.79 Å². The molecule has 110 valence electrons. The number of rotatable bonds is 6. The molecule has 0 saturated heterocycles. The van der Waals surface area contributed by atoms with Gasteiger partial charge in [0.25, 0.3) is 5.91 Å². The Bertz CT molecular complexity index is 602. The molecule has 1 aromatic carbocycles. The maximum atomic E-state index is 11.8. The van der Waals surface area contributed by atoms with Gasteiger partial charge in [0, 0.05) is 29.9 Å². The lowest BCUT2D eigenvalue weighted by molar-refractivity contribution is 0.0951. The molecule has 0 spiro atoms. The number of aliphatic hydroxyl groups is 1. The number of carbonyl (C=O) groups is 1. The van der Waals surface area contributed by atoms with Gasteiger partial charge in [0.1, 0.15) is 5.75 Å². The van der Waals surface area contributed by atoms with Gasteiger partial charge in [-0.1, -0.05) is 22.0 Å². The van der Waals surface area contributed by atoms with Crippen molar-refractivity contribution in [3.8, 4) is 11.6 Å². The van der Waals surface area contributed by atoms with Gasteiger partial charge < -0.3 is 15.2 Å². The Morgan fingerprint density at radius 1 is 1.33 bits per heavy atom. The normalized spacial score (nSPS) is 10.2. The number of aromatic nitrogens is 1. The van der Waals surface area contributed by atoms with Crippen LogP contribution in [0.15, 0.2) is 47.1 Å². The predicted octanol–water partition coefficient (Wildman–Crippen LogP) is 2.75. The van der Waals surface area contributed by atoms with Crippen LogP contribution in [0.1, 0.15) is 16.8 Å². The van der Waals surface area contributed by atoms with Crippen LogP contribution in [0.25, 0.3) is 0 Å². The summed E-state index contributed by atoms with van der Waals surface area (Å²) < 4.78 is 6.50. The highest BCUT2D eigenvalue weighted by Gasteiger charge is 2.06. The van der Waals surface area contributed by atoms with E-state index in [1.807, 2.05) is 24.3 Å². The first-order valence-corrected chi connectivity index (χ1v) is 7.27. The zero-order valence-corrected chi connectivity index (χ0v) is 12.8. The van der Waals surface area contributed by atoms with E-state index in [1.54, 1.807) is 12.1 Å². The van der Waals surface area contributed by atoms with Gasteiger partial charge in [0.15, 0.2) is 0 Å². The summed E-state index contributed by atoms with van der Waals surface area (Å²) in [6, 6.07) is 10.7. The lowest BCUT2D eigenvalue weighted by atomic mass is 10.2. The molecule has 2 aromatic rings. The average molecular weight is 351 g/mol. The molecule has 0 aliphatic rings. The molecule has 1 heterocycles. The number of pyridine rings is 1. The lowest BCUT2D eigenvalue weighted by Crippen LogP contribution is -2.25. The first kappa shape index (κ1) is 15.5. The fourth-order valence-electron chi connectivity index (χ4n) is 1.61. The van der Waals surface area contributed by atoms with E-state index >= 15 is 0 Å². The van der Waals surface area contributed by atoms with Crippen molar-refractivity contribution in [1.82, 2.24) is 10.3 Å². The monoisotopic (exact) mass is 350 g/mol. The smallest absolute Gasteiger partial charge is 0.252 e. The molecule has 6 heteroatoms. The lowest BCUT2D eigenvalue weighted by Gasteiger charge is -2.06. The average Bonchev–Trinajstić information content (AvgIpc) is 2.48. The maximum absolute atomic E-state index is 11.8. The van der Waals surface area contributed by atoms with Crippen molar-refractivity contribution in [2.75, 3.05) is 13.2 Å². The molecule has 0 radical (unpaired) electrons. The Morgan fingerprint density at radius 2 is 2.19 bits per heavy atom. The van der Waals surface area contributed by atoms with Crippen LogP contribution in [0.5, 0.6) is 11.6 Å². The summed E-state index contributed by atoms with van der Waals surface area (Å²) in [4.78, 5) is 15.9. The van der Waals surface area contributed by atoms with Crippen LogP contribution < -0.4 is 10.1 Å². The molecule has 0 unspecified atom stereocenters. The van der Waals surface area contributed by atoms with Crippen LogP contribution >= 0.6 is 15.9 Å². The van der Waals surface area contributed by atoms with E-state index in [1.165, 1.54) is 6.20 Å². The highest BCUT2D eigenvalue weighted by molar-refractivity contribution is 9.10. The summed E-state index contributed by atoms with van der Waals surface area (Å²) in [5.74, 6) is 0.863. The molecule has 2 rings (SSSR count). The highest BCUT2D eigenvalue weighted by atomic mass is 79.9. The molecule has 0 atom stereocenters. The first-order chi connectivity index (χ1) is 10.2. The number of nitrogens with one attached hydrogen (secondary N) is 1. The van der Waals surface area contributed by atoms with Crippen molar-refractivity contribution in [1.29, 1.82) is 0 Å². The predicted molar refractivity (Wildman–Crippen MR) is 82.5 cm³/mol. The zero-order chi connectivity index (χ0) is 15.1. The number of hydrogen-bond acceptors (Lipinski definition) is 4. The van der Waals surface area contributed by atoms with E-state index < -0.39 is 0 Å². The van der Waals surface area contributed by atoms with Gasteiger partial charge in [-0.05, 0) is 30.7 Å². The molecule has 0 aliphatic carbocycles. The first-order valence-electron chi connectivity index (χ1n) is 6.47. The standard InChI is InChI=1S/C15H15BrN2O3/c16-12-3-1-4-13(9-12)21-14-6-5-11(10-18-14)15(20)17-7-2-8-19/h1,3-6,9-10,19H,2,7-8H2,(H,17,20). The van der Waals surface area contributed by atoms with Crippen molar-refractivity contribution in [3.63, 3.8) is 0 Å². The van der Waals surface area contributed by atoms with Crippen molar-refractivity contribution in [3.05, 3.63) is 52.6 Å². The molecule has 1 aromatic heterocycles. The molecule has 0 saturated carbocycles. The molecular weight excluding hydrogens is 336 g/mol. The van der Waals surface area contributed by atoms with Crippen molar-refractivity contribution >= 4 is 21.8 Å². The largest absolute Gasteiger partial charge is 0.439 e. The Kier molecular flexibility index (Phi) is 5.71. The quantitative estimate of drug-likeness (QED) is 0.785. The van der Waals surface area contributed by atoms with Gasteiger partial charge in [-0.15, -0.1) is 0 Å². The summed E-state index contributed by atoms with van der Waals surface area (Å²) >= 11 is 3.36. The maximum Gasteiger partial charge on any atom is 0.252 e. The fourth-order valence-corrected chi connectivity index (χ4v) is 1.99. The zero-order valence-electron chi connectivity index (χ0n) is 11.3. The third-order valence-corrected chi connectivity index (χ3v) is 3.13. The number of benzene rings is 1. The minimum atomic E-state index is -0.218. The Labute approximate surface area is 131 Å². The second kappa shape index (κ2) is 7.75. The summed E-state index contributed by atoms with van der Waals surface area (Å²) in [5, 5.41) is 11.4. The summed E-state index contributed by atoms with van der Waals surface area (Å²) in [6.07, 6.45) is 1.99. The summed E-state index contributed by atoms with van der Waals surface area (Å²) in [6.45, 7) is 0.490. The number of halogens is 1. The number of nitrogens with zero attached hydrogens (tertiary/aromatic N) is 1. The van der Waals surface area contributed by atoms with E-state index in [0.717, 1.165) is 4.47 Å². The van der Waals surface area contributed by atoms with Crippen LogP contribution in [-0.4, -0.2) is 29.1 Å². The second-order valence-electron chi connectivity index (χ2n) is 4.28. The highest BCUT2D eigenvalue weighted by Crippen LogP contribution is 2.22. The van der Waals surface area contributed by atoms with Crippen LogP contribution in [0.4, 0.5) is 0 Å². The summed E-state index contributed by atoms with van der Waals surface area (Å²) in [5.41, 5.74) is 0.453. The summed E-state index contributed by atoms with van der Waals surface area (Å²) in [7, 11) is 0. The van der Waals surface area contributed by atoms with Crippen molar-refractivity contribution in [2.24, 2.45) is 0 Å². The number of carbonyl (C=O) groups excluding carboxylic acids is 1. The van der Waals surface area contributed by atoms with Crippen LogP contribution in [0.2, 0.25) is 0 Å². The second-order valence-corrected chi connectivity index (χ2v) is 5.19. The number of ether oxygens (including phenoxy) is 1. The molecular formula is C15H15BrN2O3. The van der Waals surface area contributed by atoms with Crippen LogP contribution in [0, 0.1) is 0 Å². The third-order valence-electron chi connectivity index (χ3n) is 2.64.